The van der Waals surface area contributed by atoms with E-state index >= 15 is 0 Å². The van der Waals surface area contributed by atoms with Gasteiger partial charge in [0.25, 0.3) is 5.91 Å². The Labute approximate surface area is 190 Å². The Balaban J connectivity index is 1.34. The van der Waals surface area contributed by atoms with Crippen LogP contribution >= 0.6 is 15.9 Å². The van der Waals surface area contributed by atoms with E-state index in [1.807, 2.05) is 36.4 Å². The molecule has 0 saturated carbocycles. The molecule has 0 aliphatic carbocycles. The third-order valence-electron chi connectivity index (χ3n) is 5.07. The molecular formula is C24H24BrN3O3. The molecule has 0 spiro atoms. The summed E-state index contributed by atoms with van der Waals surface area (Å²) in [6.07, 6.45) is 1.53. The van der Waals surface area contributed by atoms with Gasteiger partial charge in [0.15, 0.2) is 0 Å². The van der Waals surface area contributed by atoms with Crippen molar-refractivity contribution in [3.63, 3.8) is 0 Å². The Hall–Kier alpha value is -2.74. The van der Waals surface area contributed by atoms with E-state index < -0.39 is 0 Å². The Bertz CT molecular complexity index is 1020. The first-order chi connectivity index (χ1) is 15.2. The van der Waals surface area contributed by atoms with Crippen LogP contribution in [-0.2, 0) is 17.8 Å². The van der Waals surface area contributed by atoms with Crippen molar-refractivity contribution in [2.24, 2.45) is 0 Å². The van der Waals surface area contributed by atoms with E-state index in [1.54, 1.807) is 12.1 Å². The normalized spacial score (nSPS) is 14.2. The van der Waals surface area contributed by atoms with Gasteiger partial charge in [-0.3, -0.25) is 9.69 Å². The maximum absolute atomic E-state index is 12.6. The van der Waals surface area contributed by atoms with Crippen molar-refractivity contribution in [3.8, 4) is 11.6 Å². The van der Waals surface area contributed by atoms with Crippen molar-refractivity contribution >= 4 is 21.8 Å². The van der Waals surface area contributed by atoms with Gasteiger partial charge < -0.3 is 14.8 Å². The third-order valence-corrected chi connectivity index (χ3v) is 5.57. The van der Waals surface area contributed by atoms with E-state index in [9.17, 15) is 4.79 Å². The van der Waals surface area contributed by atoms with Gasteiger partial charge in [-0.2, -0.15) is 0 Å². The Morgan fingerprint density at radius 3 is 2.61 bits per heavy atom. The largest absolute Gasteiger partial charge is 0.439 e. The van der Waals surface area contributed by atoms with Crippen LogP contribution in [0.15, 0.2) is 71.3 Å². The van der Waals surface area contributed by atoms with Gasteiger partial charge in [-0.25, -0.2) is 4.98 Å². The highest BCUT2D eigenvalue weighted by Crippen LogP contribution is 2.23. The van der Waals surface area contributed by atoms with Crippen molar-refractivity contribution in [1.29, 1.82) is 0 Å². The first kappa shape index (κ1) is 21.5. The predicted octanol–water partition coefficient (Wildman–Crippen LogP) is 4.40. The van der Waals surface area contributed by atoms with Crippen molar-refractivity contribution in [3.05, 3.63) is 88.0 Å². The lowest BCUT2D eigenvalue weighted by molar-refractivity contribution is 0.0340. The fourth-order valence-electron chi connectivity index (χ4n) is 3.39. The molecule has 0 radical (unpaired) electrons. The molecule has 1 saturated heterocycles. The number of rotatable bonds is 7. The van der Waals surface area contributed by atoms with Crippen LogP contribution in [-0.4, -0.2) is 42.1 Å². The lowest BCUT2D eigenvalue weighted by atomic mass is 10.1. The molecule has 2 heterocycles. The zero-order valence-electron chi connectivity index (χ0n) is 17.1. The number of hydrogen-bond donors (Lipinski definition) is 1. The molecular weight excluding hydrogens is 458 g/mol. The number of pyridine rings is 1. The summed E-state index contributed by atoms with van der Waals surface area (Å²) in [6.45, 7) is 4.73. The number of morpholine rings is 1. The topological polar surface area (TPSA) is 63.7 Å². The smallest absolute Gasteiger partial charge is 0.253 e. The Morgan fingerprint density at radius 2 is 1.87 bits per heavy atom. The van der Waals surface area contributed by atoms with E-state index in [0.29, 0.717) is 23.7 Å². The number of benzene rings is 2. The molecule has 4 rings (SSSR count). The molecule has 1 amide bonds. The molecule has 1 aliphatic rings. The van der Waals surface area contributed by atoms with Crippen molar-refractivity contribution in [2.75, 3.05) is 26.3 Å². The summed E-state index contributed by atoms with van der Waals surface area (Å²) in [6, 6.07) is 19.1. The van der Waals surface area contributed by atoms with Crippen LogP contribution in [0.2, 0.25) is 0 Å². The molecule has 3 aromatic rings. The van der Waals surface area contributed by atoms with Crippen molar-refractivity contribution < 1.29 is 14.3 Å². The SMILES string of the molecule is O=C(NCc1ccccc1CN1CCOCC1)c1ccc(Oc2cccc(Br)c2)nc1. The maximum Gasteiger partial charge on any atom is 0.253 e. The number of hydrogen-bond acceptors (Lipinski definition) is 5. The van der Waals surface area contributed by atoms with E-state index in [1.165, 1.54) is 11.8 Å². The predicted molar refractivity (Wildman–Crippen MR) is 122 cm³/mol. The van der Waals surface area contributed by atoms with Gasteiger partial charge in [-0.1, -0.05) is 46.3 Å². The summed E-state index contributed by atoms with van der Waals surface area (Å²) >= 11 is 3.41. The monoisotopic (exact) mass is 481 g/mol. The number of nitrogens with zero attached hydrogens (tertiary/aromatic N) is 2. The third kappa shape index (κ3) is 6.13. The maximum atomic E-state index is 12.6. The summed E-state index contributed by atoms with van der Waals surface area (Å²) in [7, 11) is 0. The standard InChI is InChI=1S/C24H24BrN3O3/c25-21-6-3-7-22(14-21)31-23-9-8-19(16-26-23)24(29)27-15-18-4-1-2-5-20(18)17-28-10-12-30-13-11-28/h1-9,14,16H,10-13,15,17H2,(H,27,29). The van der Waals surface area contributed by atoms with Crippen molar-refractivity contribution in [2.45, 2.75) is 13.1 Å². The highest BCUT2D eigenvalue weighted by molar-refractivity contribution is 9.10. The van der Waals surface area contributed by atoms with E-state index in [-0.39, 0.29) is 5.91 Å². The molecule has 6 nitrogen and oxygen atoms in total. The Kier molecular flexibility index (Phi) is 7.30. The quantitative estimate of drug-likeness (QED) is 0.541. The summed E-state index contributed by atoms with van der Waals surface area (Å²) in [5.41, 5.74) is 2.83. The van der Waals surface area contributed by atoms with Crippen molar-refractivity contribution in [1.82, 2.24) is 15.2 Å². The highest BCUT2D eigenvalue weighted by Gasteiger charge is 2.13. The fraction of sp³-hybridized carbons (Fsp3) is 0.250. The van der Waals surface area contributed by atoms with Gasteiger partial charge >= 0.3 is 0 Å². The molecule has 1 N–H and O–H groups in total. The average Bonchev–Trinajstić information content (AvgIpc) is 2.79. The Morgan fingerprint density at radius 1 is 1.06 bits per heavy atom. The van der Waals surface area contributed by atoms with Gasteiger partial charge in [-0.15, -0.1) is 0 Å². The lowest BCUT2D eigenvalue weighted by Gasteiger charge is -2.27. The summed E-state index contributed by atoms with van der Waals surface area (Å²) in [4.78, 5) is 19.2. The minimum absolute atomic E-state index is 0.164. The van der Waals surface area contributed by atoms with Crippen LogP contribution < -0.4 is 10.1 Å². The summed E-state index contributed by atoms with van der Waals surface area (Å²) in [5, 5.41) is 3.00. The second-order valence-electron chi connectivity index (χ2n) is 7.28. The minimum Gasteiger partial charge on any atom is -0.439 e. The highest BCUT2D eigenvalue weighted by atomic mass is 79.9. The number of halogens is 1. The molecule has 1 aromatic heterocycles. The molecule has 0 atom stereocenters. The summed E-state index contributed by atoms with van der Waals surface area (Å²) < 4.78 is 12.1. The van der Waals surface area contributed by atoms with Gasteiger partial charge in [0.1, 0.15) is 5.75 Å². The van der Waals surface area contributed by atoms with E-state index in [2.05, 4.69) is 43.3 Å². The number of carbonyl (C=O) groups is 1. The van der Waals surface area contributed by atoms with Crippen LogP contribution in [0.3, 0.4) is 0 Å². The second-order valence-corrected chi connectivity index (χ2v) is 8.20. The molecule has 1 aliphatic heterocycles. The number of amides is 1. The molecule has 7 heteroatoms. The first-order valence-electron chi connectivity index (χ1n) is 10.2. The number of aromatic nitrogens is 1. The van der Waals surface area contributed by atoms with Crippen LogP contribution in [0.25, 0.3) is 0 Å². The minimum atomic E-state index is -0.164. The molecule has 0 bridgehead atoms. The molecule has 160 valence electrons. The van der Waals surface area contributed by atoms with Crippen LogP contribution in [0.5, 0.6) is 11.6 Å². The van der Waals surface area contributed by atoms with Crippen LogP contribution in [0.1, 0.15) is 21.5 Å². The van der Waals surface area contributed by atoms with Gasteiger partial charge in [-0.05, 0) is 35.4 Å². The first-order valence-corrected chi connectivity index (χ1v) is 11.0. The fourth-order valence-corrected chi connectivity index (χ4v) is 3.77. The lowest BCUT2D eigenvalue weighted by Crippen LogP contribution is -2.36. The number of nitrogens with one attached hydrogen (secondary N) is 1. The van der Waals surface area contributed by atoms with Gasteiger partial charge in [0.2, 0.25) is 5.88 Å². The number of carbonyl (C=O) groups excluding carboxylic acids is 1. The zero-order chi connectivity index (χ0) is 21.5. The number of ether oxygens (including phenoxy) is 2. The second kappa shape index (κ2) is 10.5. The van der Waals surface area contributed by atoms with Gasteiger partial charge in [0.05, 0.1) is 18.8 Å². The van der Waals surface area contributed by atoms with Crippen LogP contribution in [0.4, 0.5) is 0 Å². The average molecular weight is 482 g/mol. The zero-order valence-corrected chi connectivity index (χ0v) is 18.7. The van der Waals surface area contributed by atoms with E-state index in [4.69, 9.17) is 9.47 Å². The van der Waals surface area contributed by atoms with E-state index in [0.717, 1.165) is 42.9 Å². The van der Waals surface area contributed by atoms with Crippen LogP contribution in [0, 0.1) is 0 Å². The molecule has 0 unspecified atom stereocenters. The molecule has 31 heavy (non-hydrogen) atoms. The van der Waals surface area contributed by atoms with Gasteiger partial charge in [0, 0.05) is 42.9 Å². The molecule has 1 fully saturated rings. The molecule has 2 aromatic carbocycles. The summed E-state index contributed by atoms with van der Waals surface area (Å²) in [5.74, 6) is 0.948.